The fourth-order valence-corrected chi connectivity index (χ4v) is 2.04. The molecule has 0 bridgehead atoms. The van der Waals surface area contributed by atoms with Crippen molar-refractivity contribution in [2.75, 3.05) is 6.93 Å². The third-order valence-corrected chi connectivity index (χ3v) is 3.04. The quantitative estimate of drug-likeness (QED) is 0.500. The first-order valence-corrected chi connectivity index (χ1v) is 8.36. The van der Waals surface area contributed by atoms with Crippen molar-refractivity contribution in [1.29, 1.82) is 0 Å². The zero-order valence-electron chi connectivity index (χ0n) is 13.6. The fourth-order valence-electron chi connectivity index (χ4n) is 1.64. The Morgan fingerprint density at radius 2 is 1.60 bits per heavy atom. The van der Waals surface area contributed by atoms with Crippen LogP contribution in [0.15, 0.2) is 24.3 Å². The number of alkyl halides is 2. The van der Waals surface area contributed by atoms with Crippen LogP contribution in [0.3, 0.4) is 0 Å². The van der Waals surface area contributed by atoms with Gasteiger partial charge in [-0.25, -0.2) is 18.1 Å². The van der Waals surface area contributed by atoms with Crippen LogP contribution in [0, 0.1) is 5.92 Å². The number of hydrogen-bond acceptors (Lipinski definition) is 4. The molecular formula is C14H20F3O7P. The minimum absolute atomic E-state index is 0.0523. The third-order valence-electron chi connectivity index (χ3n) is 2.59. The van der Waals surface area contributed by atoms with Crippen LogP contribution in [0.2, 0.25) is 0 Å². The van der Waals surface area contributed by atoms with E-state index in [-0.39, 0.29) is 17.5 Å². The van der Waals surface area contributed by atoms with Crippen LogP contribution in [0.4, 0.5) is 18.0 Å². The first kappa shape index (κ1) is 25.3. The highest BCUT2D eigenvalue weighted by atomic mass is 31.2. The van der Waals surface area contributed by atoms with Crippen molar-refractivity contribution in [1.82, 2.24) is 0 Å². The molecule has 0 spiro atoms. The molecule has 7 nitrogen and oxygen atoms in total. The number of carbonyl (C=O) groups excluding carboxylic acids is 1. The number of benzene rings is 1. The fraction of sp³-hybridized carbons (Fsp3) is 0.429. The minimum Gasteiger partial charge on any atom is -0.456 e. The molecule has 0 saturated heterocycles. The van der Waals surface area contributed by atoms with E-state index in [1.54, 1.807) is 12.1 Å². The molecule has 1 unspecified atom stereocenters. The molecule has 1 aromatic rings. The van der Waals surface area contributed by atoms with E-state index in [1.807, 2.05) is 13.8 Å². The summed E-state index contributed by atoms with van der Waals surface area (Å²) in [6.45, 7) is 1.95. The molecule has 0 radical (unpaired) electrons. The third kappa shape index (κ3) is 16.7. The maximum atomic E-state index is 11.4. The van der Waals surface area contributed by atoms with Crippen molar-refractivity contribution >= 4 is 19.8 Å². The second-order valence-corrected chi connectivity index (χ2v) is 5.67. The van der Waals surface area contributed by atoms with Crippen LogP contribution < -0.4 is 4.52 Å². The molecule has 0 fully saturated rings. The van der Waals surface area contributed by atoms with Gasteiger partial charge in [0.05, 0.1) is 0 Å². The van der Waals surface area contributed by atoms with Crippen molar-refractivity contribution in [2.45, 2.75) is 26.7 Å². The van der Waals surface area contributed by atoms with E-state index in [0.29, 0.717) is 12.8 Å². The van der Waals surface area contributed by atoms with Crippen LogP contribution in [-0.2, 0) is 15.8 Å². The van der Waals surface area contributed by atoms with Gasteiger partial charge in [0, 0.05) is 12.3 Å². The highest BCUT2D eigenvalue weighted by Gasteiger charge is 2.16. The summed E-state index contributed by atoms with van der Waals surface area (Å²) in [5.74, 6) is 0.260. The van der Waals surface area contributed by atoms with Crippen LogP contribution in [-0.4, -0.2) is 33.8 Å². The van der Waals surface area contributed by atoms with Crippen molar-refractivity contribution in [3.63, 3.8) is 0 Å². The summed E-state index contributed by atoms with van der Waals surface area (Å²) in [6.07, 6.45) is -1.20. The van der Waals surface area contributed by atoms with E-state index in [0.717, 1.165) is 5.56 Å². The molecule has 1 rings (SSSR count). The second kappa shape index (κ2) is 13.4. The van der Waals surface area contributed by atoms with Crippen molar-refractivity contribution in [3.05, 3.63) is 29.8 Å². The number of phosphoric acid groups is 1. The molecule has 11 heteroatoms. The molecule has 0 saturated carbocycles. The number of hydrogen-bond donors (Lipinski definition) is 3. The SMILES string of the molecule is CCC(=O)C(C)Cc1ccc(OP(=O)(O)O)cc1.FCF.O=C(O)F. The van der Waals surface area contributed by atoms with Crippen LogP contribution in [0.1, 0.15) is 25.8 Å². The van der Waals surface area contributed by atoms with E-state index in [9.17, 15) is 22.5 Å². The van der Waals surface area contributed by atoms with Crippen molar-refractivity contribution in [2.24, 2.45) is 5.92 Å². The van der Waals surface area contributed by atoms with Crippen molar-refractivity contribution < 1.29 is 46.7 Å². The molecule has 0 amide bonds. The lowest BCUT2D eigenvalue weighted by Crippen LogP contribution is -2.12. The average molecular weight is 388 g/mol. The first-order valence-electron chi connectivity index (χ1n) is 6.83. The number of halogens is 3. The standard InChI is InChI=1S/C12H17O5P.CH2F2.CHFO2/c1-3-12(13)9(2)8-10-4-6-11(7-5-10)17-18(14,15)16;2-1-3;2-1(3)4/h4-7,9H,3,8H2,1-2H3,(H2,14,15,16);1H2;(H,3,4). The maximum Gasteiger partial charge on any atom is 0.524 e. The number of Topliss-reactive ketones (excluding diaryl/α,β-unsaturated/α-hetero) is 1. The van der Waals surface area contributed by atoms with Gasteiger partial charge in [-0.2, -0.15) is 0 Å². The van der Waals surface area contributed by atoms with Gasteiger partial charge in [-0.15, -0.1) is 4.39 Å². The summed E-state index contributed by atoms with van der Waals surface area (Å²) in [5.41, 5.74) is 0.933. The maximum absolute atomic E-state index is 11.4. The van der Waals surface area contributed by atoms with Gasteiger partial charge in [-0.1, -0.05) is 26.0 Å². The van der Waals surface area contributed by atoms with Gasteiger partial charge in [-0.05, 0) is 24.1 Å². The summed E-state index contributed by atoms with van der Waals surface area (Å²) in [6, 6.07) is 6.37. The molecular weight excluding hydrogens is 368 g/mol. The van der Waals surface area contributed by atoms with E-state index >= 15 is 0 Å². The Kier molecular flexibility index (Phi) is 13.6. The molecule has 0 aromatic heterocycles. The Labute approximate surface area is 142 Å². The zero-order valence-corrected chi connectivity index (χ0v) is 14.5. The summed E-state index contributed by atoms with van der Waals surface area (Å²) < 4.78 is 44.2. The second-order valence-electron chi connectivity index (χ2n) is 4.50. The number of rotatable bonds is 6. The molecule has 0 heterocycles. The van der Waals surface area contributed by atoms with Gasteiger partial charge >= 0.3 is 14.0 Å². The average Bonchev–Trinajstić information content (AvgIpc) is 2.47. The van der Waals surface area contributed by atoms with E-state index in [2.05, 4.69) is 4.52 Å². The molecule has 1 aromatic carbocycles. The highest BCUT2D eigenvalue weighted by Crippen LogP contribution is 2.37. The highest BCUT2D eigenvalue weighted by molar-refractivity contribution is 7.46. The van der Waals surface area contributed by atoms with Gasteiger partial charge in [-0.3, -0.25) is 14.6 Å². The van der Waals surface area contributed by atoms with E-state index in [1.165, 1.54) is 12.1 Å². The predicted octanol–water partition coefficient (Wildman–Crippen LogP) is 3.83. The van der Waals surface area contributed by atoms with E-state index in [4.69, 9.17) is 19.7 Å². The lowest BCUT2D eigenvalue weighted by atomic mass is 9.96. The Morgan fingerprint density at radius 1 is 1.20 bits per heavy atom. The Balaban J connectivity index is 0. The lowest BCUT2D eigenvalue weighted by molar-refractivity contribution is -0.122. The molecule has 0 aliphatic rings. The number of carboxylic acid groups (broad SMARTS) is 1. The summed E-state index contributed by atoms with van der Waals surface area (Å²) in [5, 5.41) is 6.75. The summed E-state index contributed by atoms with van der Waals surface area (Å²) in [7, 11) is -4.50. The molecule has 25 heavy (non-hydrogen) atoms. The van der Waals surface area contributed by atoms with Crippen LogP contribution in [0.25, 0.3) is 0 Å². The molecule has 3 N–H and O–H groups in total. The van der Waals surface area contributed by atoms with Gasteiger partial charge in [0.1, 0.15) is 11.5 Å². The van der Waals surface area contributed by atoms with Gasteiger partial charge in [0.25, 0.3) is 0 Å². The Bertz CT molecular complexity index is 556. The van der Waals surface area contributed by atoms with Crippen LogP contribution >= 0.6 is 7.82 Å². The lowest BCUT2D eigenvalue weighted by Gasteiger charge is -2.10. The largest absolute Gasteiger partial charge is 0.524 e. The molecule has 0 aliphatic heterocycles. The van der Waals surface area contributed by atoms with Crippen molar-refractivity contribution in [3.8, 4) is 5.75 Å². The monoisotopic (exact) mass is 388 g/mol. The minimum atomic E-state index is -4.50. The number of phosphoric ester groups is 1. The van der Waals surface area contributed by atoms with Gasteiger partial charge in [0.15, 0.2) is 0 Å². The molecule has 0 aliphatic carbocycles. The number of ketones is 1. The zero-order chi connectivity index (χ0) is 20.0. The Hall–Kier alpha value is -1.90. The van der Waals surface area contributed by atoms with Gasteiger partial charge < -0.3 is 9.63 Å². The molecule has 144 valence electrons. The topological polar surface area (TPSA) is 121 Å². The summed E-state index contributed by atoms with van der Waals surface area (Å²) >= 11 is 0. The van der Waals surface area contributed by atoms with E-state index < -0.39 is 21.0 Å². The van der Waals surface area contributed by atoms with Gasteiger partial charge in [0.2, 0.25) is 6.93 Å². The summed E-state index contributed by atoms with van der Waals surface area (Å²) in [4.78, 5) is 37.0. The predicted molar refractivity (Wildman–Crippen MR) is 83.5 cm³/mol. The number of carbonyl (C=O) groups is 2. The Morgan fingerprint density at radius 3 is 1.92 bits per heavy atom. The first-order chi connectivity index (χ1) is 11.5. The smallest absolute Gasteiger partial charge is 0.456 e. The normalized spacial score (nSPS) is 11.2. The molecule has 1 atom stereocenters. The van der Waals surface area contributed by atoms with Crippen LogP contribution in [0.5, 0.6) is 5.75 Å².